The summed E-state index contributed by atoms with van der Waals surface area (Å²) in [6.45, 7) is 2.42. The van der Waals surface area contributed by atoms with Gasteiger partial charge in [0.1, 0.15) is 10.5 Å². The lowest BCUT2D eigenvalue weighted by atomic mass is 9.90. The summed E-state index contributed by atoms with van der Waals surface area (Å²) in [6.07, 6.45) is 8.18. The summed E-state index contributed by atoms with van der Waals surface area (Å²) in [5.74, 6) is 0.419. The molecule has 3 heterocycles. The van der Waals surface area contributed by atoms with Gasteiger partial charge in [-0.3, -0.25) is 4.79 Å². The van der Waals surface area contributed by atoms with Crippen LogP contribution in [0.25, 0.3) is 10.2 Å². The molecule has 3 fully saturated rings. The van der Waals surface area contributed by atoms with E-state index in [2.05, 4.69) is 23.5 Å². The summed E-state index contributed by atoms with van der Waals surface area (Å²) in [7, 11) is 0. The minimum Gasteiger partial charge on any atom is -0.323 e. The van der Waals surface area contributed by atoms with Crippen LogP contribution in [0, 0.1) is 0 Å². The Bertz CT molecular complexity index is 885. The first-order chi connectivity index (χ1) is 14.1. The third-order valence-corrected chi connectivity index (χ3v) is 8.06. The molecule has 1 aromatic carbocycles. The summed E-state index contributed by atoms with van der Waals surface area (Å²) in [5.41, 5.74) is 0.443. The zero-order chi connectivity index (χ0) is 19.8. The standard InChI is InChI=1S/C22H28N4O2S/c27-20-22(11-5-1-2-6-12-22)24-21(28)26(20)15-25-13-7-8-16(14-25)19-23-17-9-3-4-10-18(17)29-19/h3-4,9-10,16H,1-2,5-8,11-15H2,(H,24,28)/p+1/t16-/m0/s1. The van der Waals surface area contributed by atoms with Crippen molar-refractivity contribution in [3.8, 4) is 0 Å². The molecule has 1 aliphatic carbocycles. The topological polar surface area (TPSA) is 66.7 Å². The number of rotatable bonds is 3. The van der Waals surface area contributed by atoms with E-state index in [9.17, 15) is 9.59 Å². The lowest BCUT2D eigenvalue weighted by molar-refractivity contribution is -0.913. The number of imide groups is 1. The largest absolute Gasteiger partial charge is 0.329 e. The van der Waals surface area contributed by atoms with Crippen LogP contribution in [0.4, 0.5) is 4.79 Å². The molecular weight excluding hydrogens is 384 g/mol. The van der Waals surface area contributed by atoms with E-state index >= 15 is 0 Å². The molecule has 0 radical (unpaired) electrons. The first kappa shape index (κ1) is 19.0. The Kier molecular flexibility index (Phi) is 5.04. The van der Waals surface area contributed by atoms with Crippen molar-refractivity contribution in [2.24, 2.45) is 0 Å². The van der Waals surface area contributed by atoms with Gasteiger partial charge >= 0.3 is 6.03 Å². The Morgan fingerprint density at radius 3 is 2.72 bits per heavy atom. The normalized spacial score (nSPS) is 27.4. The van der Waals surface area contributed by atoms with E-state index in [4.69, 9.17) is 4.98 Å². The van der Waals surface area contributed by atoms with Crippen LogP contribution >= 0.6 is 11.3 Å². The molecule has 7 heteroatoms. The molecule has 29 heavy (non-hydrogen) atoms. The van der Waals surface area contributed by atoms with Crippen molar-refractivity contribution in [1.82, 2.24) is 15.2 Å². The summed E-state index contributed by atoms with van der Waals surface area (Å²) in [5, 5.41) is 4.27. The zero-order valence-electron chi connectivity index (χ0n) is 16.8. The lowest BCUT2D eigenvalue weighted by Gasteiger charge is -2.31. The van der Waals surface area contributed by atoms with Crippen LogP contribution in [0.1, 0.15) is 62.3 Å². The Morgan fingerprint density at radius 2 is 1.93 bits per heavy atom. The summed E-state index contributed by atoms with van der Waals surface area (Å²) < 4.78 is 1.24. The summed E-state index contributed by atoms with van der Waals surface area (Å²) >= 11 is 1.79. The molecule has 6 nitrogen and oxygen atoms in total. The van der Waals surface area contributed by atoms with E-state index < -0.39 is 5.54 Å². The second-order valence-electron chi connectivity index (χ2n) is 8.88. The number of aromatic nitrogens is 1. The summed E-state index contributed by atoms with van der Waals surface area (Å²) in [4.78, 5) is 33.6. The Morgan fingerprint density at radius 1 is 1.14 bits per heavy atom. The molecule has 154 valence electrons. The zero-order valence-corrected chi connectivity index (χ0v) is 17.6. The second-order valence-corrected chi connectivity index (χ2v) is 9.94. The monoisotopic (exact) mass is 413 g/mol. The predicted molar refractivity (Wildman–Crippen MR) is 113 cm³/mol. The minimum atomic E-state index is -0.630. The van der Waals surface area contributed by atoms with Gasteiger partial charge in [0.05, 0.1) is 29.2 Å². The highest BCUT2D eigenvalue weighted by atomic mass is 32.1. The van der Waals surface area contributed by atoms with Crippen LogP contribution in [0.5, 0.6) is 0 Å². The maximum Gasteiger partial charge on any atom is 0.329 e. The molecule has 1 saturated carbocycles. The number of carbonyl (C=O) groups excluding carboxylic acids is 2. The van der Waals surface area contributed by atoms with Crippen LogP contribution in [-0.4, -0.2) is 47.1 Å². The number of para-hydroxylation sites is 1. The molecule has 2 aromatic rings. The van der Waals surface area contributed by atoms with Gasteiger partial charge < -0.3 is 10.2 Å². The maximum absolute atomic E-state index is 13.2. The fourth-order valence-corrected chi connectivity index (χ4v) is 6.39. The van der Waals surface area contributed by atoms with Crippen molar-refractivity contribution in [2.75, 3.05) is 19.8 Å². The van der Waals surface area contributed by atoms with Gasteiger partial charge in [-0.05, 0) is 37.8 Å². The number of fused-ring (bicyclic) bond motifs is 1. The highest BCUT2D eigenvalue weighted by molar-refractivity contribution is 7.18. The lowest BCUT2D eigenvalue weighted by Crippen LogP contribution is -3.15. The average Bonchev–Trinajstić information content (AvgIpc) is 3.15. The van der Waals surface area contributed by atoms with Gasteiger partial charge in [0, 0.05) is 0 Å². The molecule has 3 aliphatic rings. The van der Waals surface area contributed by atoms with Gasteiger partial charge in [-0.25, -0.2) is 14.7 Å². The molecule has 2 saturated heterocycles. The highest BCUT2D eigenvalue weighted by Gasteiger charge is 2.51. The van der Waals surface area contributed by atoms with Crippen molar-refractivity contribution in [3.05, 3.63) is 29.3 Å². The quantitative estimate of drug-likeness (QED) is 0.761. The molecular formula is C22H29N4O2S+. The smallest absolute Gasteiger partial charge is 0.323 e. The molecule has 2 N–H and O–H groups in total. The number of hydrogen-bond donors (Lipinski definition) is 2. The van der Waals surface area contributed by atoms with Gasteiger partial charge in [-0.1, -0.05) is 37.8 Å². The molecule has 2 atom stereocenters. The minimum absolute atomic E-state index is 0.0130. The van der Waals surface area contributed by atoms with E-state index in [0.29, 0.717) is 12.6 Å². The van der Waals surface area contributed by atoms with Gasteiger partial charge in [-0.2, -0.15) is 0 Å². The van der Waals surface area contributed by atoms with Crippen molar-refractivity contribution in [1.29, 1.82) is 0 Å². The number of urea groups is 1. The number of amides is 3. The van der Waals surface area contributed by atoms with Crippen LogP contribution in [0.15, 0.2) is 24.3 Å². The number of quaternary nitrogens is 1. The molecule has 3 amide bonds. The van der Waals surface area contributed by atoms with Gasteiger partial charge in [0.2, 0.25) is 0 Å². The number of likely N-dealkylation sites (tertiary alicyclic amines) is 1. The third-order valence-electron chi connectivity index (χ3n) is 6.86. The van der Waals surface area contributed by atoms with Crippen LogP contribution < -0.4 is 10.2 Å². The number of carbonyl (C=O) groups is 2. The van der Waals surface area contributed by atoms with Crippen LogP contribution in [-0.2, 0) is 4.79 Å². The molecule has 2 aliphatic heterocycles. The Hall–Kier alpha value is -1.99. The SMILES string of the molecule is O=C1NC2(CCCCCC2)C(=O)N1C[NH+]1CCC[C@H](c2nc3ccccc3s2)C1. The predicted octanol–water partition coefficient (Wildman–Crippen LogP) is 2.66. The first-order valence-electron chi connectivity index (χ1n) is 11.0. The average molecular weight is 414 g/mol. The van der Waals surface area contributed by atoms with Crippen molar-refractivity contribution < 1.29 is 14.5 Å². The molecule has 1 spiro atoms. The highest BCUT2D eigenvalue weighted by Crippen LogP contribution is 2.33. The summed E-state index contributed by atoms with van der Waals surface area (Å²) in [6, 6.07) is 8.10. The van der Waals surface area contributed by atoms with E-state index in [1.807, 2.05) is 6.07 Å². The molecule has 1 unspecified atom stereocenters. The van der Waals surface area contributed by atoms with Crippen molar-refractivity contribution >= 4 is 33.5 Å². The van der Waals surface area contributed by atoms with Gasteiger partial charge in [-0.15, -0.1) is 11.3 Å². The van der Waals surface area contributed by atoms with Gasteiger partial charge in [0.25, 0.3) is 5.91 Å². The number of nitrogens with one attached hydrogen (secondary N) is 2. The van der Waals surface area contributed by atoms with E-state index in [0.717, 1.165) is 70.0 Å². The Labute approximate surface area is 175 Å². The van der Waals surface area contributed by atoms with Crippen molar-refractivity contribution in [2.45, 2.75) is 62.8 Å². The fourth-order valence-electron chi connectivity index (χ4n) is 5.28. The number of hydrogen-bond acceptors (Lipinski definition) is 4. The number of nitrogens with zero attached hydrogens (tertiary/aromatic N) is 2. The Balaban J connectivity index is 1.29. The van der Waals surface area contributed by atoms with Crippen LogP contribution in [0.3, 0.4) is 0 Å². The number of benzene rings is 1. The third kappa shape index (κ3) is 3.55. The molecule has 1 aromatic heterocycles. The first-order valence-corrected chi connectivity index (χ1v) is 11.8. The fraction of sp³-hybridized carbons (Fsp3) is 0.591. The van der Waals surface area contributed by atoms with Crippen LogP contribution in [0.2, 0.25) is 0 Å². The van der Waals surface area contributed by atoms with E-state index in [1.165, 1.54) is 19.5 Å². The van der Waals surface area contributed by atoms with Crippen molar-refractivity contribution in [3.63, 3.8) is 0 Å². The number of thiazole rings is 1. The van der Waals surface area contributed by atoms with E-state index in [1.54, 1.807) is 11.3 Å². The molecule has 5 rings (SSSR count). The second kappa shape index (κ2) is 7.69. The number of piperidine rings is 1. The van der Waals surface area contributed by atoms with Gasteiger partial charge in [0.15, 0.2) is 6.67 Å². The maximum atomic E-state index is 13.2. The van der Waals surface area contributed by atoms with E-state index in [-0.39, 0.29) is 11.9 Å². The molecule has 0 bridgehead atoms.